The van der Waals surface area contributed by atoms with Gasteiger partial charge in [-0.25, -0.2) is 19.9 Å². The van der Waals surface area contributed by atoms with Crippen LogP contribution in [0.25, 0.3) is 139 Å². The molecule has 67 heavy (non-hydrogen) atoms. The summed E-state index contributed by atoms with van der Waals surface area (Å²) < 4.78 is 15.7. The number of oxazole rings is 1. The van der Waals surface area contributed by atoms with Gasteiger partial charge in [-0.2, -0.15) is 0 Å². The number of furan rings is 1. The van der Waals surface area contributed by atoms with Crippen molar-refractivity contribution in [3.8, 4) is 62.4 Å². The Morgan fingerprint density at radius 2 is 1.00 bits per heavy atom. The zero-order valence-corrected chi connectivity index (χ0v) is 35.8. The molecule has 0 amide bonds. The van der Waals surface area contributed by atoms with E-state index in [2.05, 4.69) is 150 Å². The number of para-hydroxylation sites is 2. The maximum Gasteiger partial charge on any atom is 0.227 e. The van der Waals surface area contributed by atoms with Crippen LogP contribution in [0, 0.1) is 0 Å². The molecular weight excluding hydrogens is 823 g/mol. The van der Waals surface area contributed by atoms with Crippen LogP contribution in [0.3, 0.4) is 0 Å². The Labute approximate surface area is 382 Å². The molecule has 0 aliphatic carbocycles. The van der Waals surface area contributed by atoms with Crippen molar-refractivity contribution in [3.05, 3.63) is 212 Å². The molecule has 4 heterocycles. The normalized spacial score (nSPS) is 11.9. The van der Waals surface area contributed by atoms with Crippen molar-refractivity contribution in [1.82, 2.24) is 24.5 Å². The lowest BCUT2D eigenvalue weighted by Gasteiger charge is -2.11. The molecule has 14 aromatic rings. The zero-order chi connectivity index (χ0) is 44.0. The number of aromatic nitrogens is 5. The molecule has 10 aromatic carbocycles. The van der Waals surface area contributed by atoms with Crippen LogP contribution in [0.15, 0.2) is 221 Å². The lowest BCUT2D eigenvalue weighted by atomic mass is 9.96. The summed E-state index contributed by atoms with van der Waals surface area (Å²) in [6.45, 7) is 0. The number of rotatable bonds is 6. The van der Waals surface area contributed by atoms with Gasteiger partial charge in [-0.1, -0.05) is 170 Å². The van der Waals surface area contributed by atoms with Gasteiger partial charge >= 0.3 is 0 Å². The van der Waals surface area contributed by atoms with E-state index in [-0.39, 0.29) is 0 Å². The summed E-state index contributed by atoms with van der Waals surface area (Å²) in [4.78, 5) is 20.7. The first-order valence-electron chi connectivity index (χ1n) is 22.4. The summed E-state index contributed by atoms with van der Waals surface area (Å²) in [6, 6.07) is 73.3. The molecule has 0 N–H and O–H groups in total. The minimum atomic E-state index is 0.552. The predicted octanol–water partition coefficient (Wildman–Crippen LogP) is 15.7. The highest BCUT2D eigenvalue weighted by atomic mass is 16.3. The molecule has 0 saturated heterocycles. The average molecular weight is 858 g/mol. The van der Waals surface area contributed by atoms with Crippen LogP contribution in [0.2, 0.25) is 0 Å². The third-order valence-corrected chi connectivity index (χ3v) is 13.1. The number of benzene rings is 10. The van der Waals surface area contributed by atoms with Gasteiger partial charge in [0.2, 0.25) is 5.89 Å². The van der Waals surface area contributed by atoms with Crippen LogP contribution in [-0.4, -0.2) is 24.5 Å². The van der Waals surface area contributed by atoms with E-state index in [1.165, 1.54) is 21.7 Å². The van der Waals surface area contributed by atoms with Crippen LogP contribution in [0.1, 0.15) is 0 Å². The number of fused-ring (bicyclic) bond motifs is 10. The Morgan fingerprint density at radius 1 is 0.358 bits per heavy atom. The van der Waals surface area contributed by atoms with E-state index < -0.39 is 0 Å². The van der Waals surface area contributed by atoms with E-state index in [9.17, 15) is 0 Å². The van der Waals surface area contributed by atoms with Gasteiger partial charge in [-0.15, -0.1) is 0 Å². The molecule has 0 unspecified atom stereocenters. The smallest absolute Gasteiger partial charge is 0.227 e. The Morgan fingerprint density at radius 3 is 1.85 bits per heavy atom. The molecule has 14 rings (SSSR count). The number of nitrogens with zero attached hydrogens (tertiary/aromatic N) is 5. The Bertz CT molecular complexity index is 4230. The minimum absolute atomic E-state index is 0.552. The lowest BCUT2D eigenvalue weighted by Crippen LogP contribution is -2.01. The van der Waals surface area contributed by atoms with E-state index in [0.717, 1.165) is 93.8 Å². The van der Waals surface area contributed by atoms with Crippen molar-refractivity contribution in [2.75, 3.05) is 0 Å². The predicted molar refractivity (Wildman–Crippen MR) is 271 cm³/mol. The fourth-order valence-electron chi connectivity index (χ4n) is 9.98. The molecule has 0 bridgehead atoms. The standard InChI is InChI=1S/C60H35N5O2/c1-3-16-37(17-4-1)57-62-58(40-30-31-44-45-32-29-36-15-9-10-22-42(36)55(45)65(51(44)34-40)41-20-5-2-6-21-41)64-59(63-57)49-27-14-28-52-54(49)48-26-13-25-46(56(48)66-52)43-23-11-12-24-47(43)60-61-50-33-38-18-7-8-19-39(38)35-53(50)67-60/h1-35H. The number of hydrogen-bond donors (Lipinski definition) is 0. The molecular formula is C60H35N5O2. The van der Waals surface area contributed by atoms with E-state index in [1.807, 2.05) is 66.7 Å². The number of hydrogen-bond acceptors (Lipinski definition) is 6. The second-order valence-corrected chi connectivity index (χ2v) is 17.0. The molecule has 0 fully saturated rings. The molecule has 0 aliphatic rings. The zero-order valence-electron chi connectivity index (χ0n) is 35.8. The van der Waals surface area contributed by atoms with Gasteiger partial charge in [0.15, 0.2) is 23.1 Å². The molecule has 7 heteroatoms. The maximum atomic E-state index is 6.87. The molecule has 0 saturated carbocycles. The molecule has 4 aromatic heterocycles. The van der Waals surface area contributed by atoms with Gasteiger partial charge in [-0.05, 0) is 64.2 Å². The first-order valence-corrected chi connectivity index (χ1v) is 22.4. The first kappa shape index (κ1) is 37.2. The van der Waals surface area contributed by atoms with E-state index in [1.54, 1.807) is 0 Å². The summed E-state index contributed by atoms with van der Waals surface area (Å²) in [5, 5.41) is 8.84. The van der Waals surface area contributed by atoms with Crippen LogP contribution >= 0.6 is 0 Å². The van der Waals surface area contributed by atoms with Crippen molar-refractivity contribution in [1.29, 1.82) is 0 Å². The van der Waals surface area contributed by atoms with Gasteiger partial charge in [-0.3, -0.25) is 0 Å². The second kappa shape index (κ2) is 14.7. The van der Waals surface area contributed by atoms with E-state index >= 15 is 0 Å². The highest BCUT2D eigenvalue weighted by molar-refractivity contribution is 6.19. The van der Waals surface area contributed by atoms with Crippen LogP contribution in [0.5, 0.6) is 0 Å². The first-order chi connectivity index (χ1) is 33.2. The van der Waals surface area contributed by atoms with E-state index in [0.29, 0.717) is 23.4 Å². The van der Waals surface area contributed by atoms with Crippen molar-refractivity contribution < 1.29 is 8.83 Å². The van der Waals surface area contributed by atoms with Crippen LogP contribution in [-0.2, 0) is 0 Å². The molecule has 312 valence electrons. The summed E-state index contributed by atoms with van der Waals surface area (Å²) in [6.07, 6.45) is 0. The quantitative estimate of drug-likeness (QED) is 0.166. The molecule has 7 nitrogen and oxygen atoms in total. The topological polar surface area (TPSA) is 82.8 Å². The summed E-state index contributed by atoms with van der Waals surface area (Å²) in [5.74, 6) is 2.26. The summed E-state index contributed by atoms with van der Waals surface area (Å²) in [5.41, 5.74) is 11.7. The van der Waals surface area contributed by atoms with Gasteiger partial charge < -0.3 is 13.4 Å². The van der Waals surface area contributed by atoms with Crippen LogP contribution in [0.4, 0.5) is 0 Å². The Hall–Kier alpha value is -9.20. The molecule has 0 spiro atoms. The molecule has 0 atom stereocenters. The van der Waals surface area contributed by atoms with E-state index in [4.69, 9.17) is 28.8 Å². The van der Waals surface area contributed by atoms with Gasteiger partial charge in [0.05, 0.1) is 11.0 Å². The lowest BCUT2D eigenvalue weighted by molar-refractivity contribution is 0.620. The highest BCUT2D eigenvalue weighted by Gasteiger charge is 2.23. The minimum Gasteiger partial charge on any atom is -0.455 e. The second-order valence-electron chi connectivity index (χ2n) is 17.0. The van der Waals surface area contributed by atoms with Crippen molar-refractivity contribution in [2.45, 2.75) is 0 Å². The Balaban J connectivity index is 0.957. The monoisotopic (exact) mass is 857 g/mol. The SMILES string of the molecule is c1ccc(-c2nc(-c3ccc4c5ccc6ccccc6c5n(-c5ccccc5)c4c3)nc(-c3cccc4oc5c(-c6ccccc6-c6nc7cc8ccccc8cc7o6)cccc5c34)n2)cc1. The third kappa shape index (κ3) is 5.92. The Kier molecular flexibility index (Phi) is 8.15. The molecule has 0 radical (unpaired) electrons. The van der Waals surface area contributed by atoms with Gasteiger partial charge in [0, 0.05) is 60.4 Å². The largest absolute Gasteiger partial charge is 0.455 e. The van der Waals surface area contributed by atoms with Crippen LogP contribution < -0.4 is 0 Å². The highest BCUT2D eigenvalue weighted by Crippen LogP contribution is 2.44. The maximum absolute atomic E-state index is 6.87. The van der Waals surface area contributed by atoms with Gasteiger partial charge in [0.1, 0.15) is 16.7 Å². The molecule has 0 aliphatic heterocycles. The van der Waals surface area contributed by atoms with Crippen molar-refractivity contribution >= 4 is 76.4 Å². The fourth-order valence-corrected chi connectivity index (χ4v) is 9.98. The summed E-state index contributed by atoms with van der Waals surface area (Å²) in [7, 11) is 0. The van der Waals surface area contributed by atoms with Crippen molar-refractivity contribution in [2.24, 2.45) is 0 Å². The van der Waals surface area contributed by atoms with Crippen molar-refractivity contribution in [3.63, 3.8) is 0 Å². The van der Waals surface area contributed by atoms with Gasteiger partial charge in [0.25, 0.3) is 0 Å². The summed E-state index contributed by atoms with van der Waals surface area (Å²) >= 11 is 0. The fraction of sp³-hybridized carbons (Fsp3) is 0. The third-order valence-electron chi connectivity index (χ3n) is 13.1. The average Bonchev–Trinajstić information content (AvgIpc) is 4.10.